The van der Waals surface area contributed by atoms with Crippen LogP contribution in [0.5, 0.6) is 0 Å². The SMILES string of the molecule is CCN=C(C)CC(C)=NC. The van der Waals surface area contributed by atoms with Gasteiger partial charge in [0.2, 0.25) is 0 Å². The summed E-state index contributed by atoms with van der Waals surface area (Å²) >= 11 is 0. The quantitative estimate of drug-likeness (QED) is 0.535. The van der Waals surface area contributed by atoms with E-state index in [1.165, 1.54) is 5.71 Å². The van der Waals surface area contributed by atoms with Crippen LogP contribution in [-0.4, -0.2) is 25.0 Å². The summed E-state index contributed by atoms with van der Waals surface area (Å²) in [6, 6.07) is 0. The fourth-order valence-electron chi connectivity index (χ4n) is 0.775. The molecule has 10 heavy (non-hydrogen) atoms. The molecule has 58 valence electrons. The van der Waals surface area contributed by atoms with Gasteiger partial charge in [-0.15, -0.1) is 0 Å². The molecule has 0 aliphatic heterocycles. The molecule has 0 unspecified atom stereocenters. The molecule has 0 aromatic carbocycles. The number of hydrogen-bond donors (Lipinski definition) is 0. The lowest BCUT2D eigenvalue weighted by molar-refractivity contribution is 1.11. The van der Waals surface area contributed by atoms with Crippen molar-refractivity contribution in [2.24, 2.45) is 9.98 Å². The Bertz CT molecular complexity index is 145. The van der Waals surface area contributed by atoms with Gasteiger partial charge in [-0.25, -0.2) is 0 Å². The zero-order chi connectivity index (χ0) is 7.98. The van der Waals surface area contributed by atoms with Crippen molar-refractivity contribution in [2.75, 3.05) is 13.6 Å². The molecule has 0 fully saturated rings. The summed E-state index contributed by atoms with van der Waals surface area (Å²) in [7, 11) is 1.81. The van der Waals surface area contributed by atoms with Gasteiger partial charge in [0.05, 0.1) is 0 Å². The number of aliphatic imine (C=N–C) groups is 2. The summed E-state index contributed by atoms with van der Waals surface area (Å²) in [6.07, 6.45) is 0.921. The van der Waals surface area contributed by atoms with Crippen LogP contribution in [0.4, 0.5) is 0 Å². The standard InChI is InChI=1S/C8H16N2/c1-5-10-8(3)6-7(2)9-4/h5-6H2,1-4H3. The van der Waals surface area contributed by atoms with Crippen LogP contribution in [0.3, 0.4) is 0 Å². The molecule has 0 spiro atoms. The molecular formula is C8H16N2. The minimum absolute atomic E-state index is 0.878. The smallest absolute Gasteiger partial charge is 0.0360 e. The fourth-order valence-corrected chi connectivity index (χ4v) is 0.775. The second-order valence-electron chi connectivity index (χ2n) is 2.35. The zero-order valence-corrected chi connectivity index (χ0v) is 7.31. The maximum absolute atomic E-state index is 4.25. The first kappa shape index (κ1) is 9.34. The maximum Gasteiger partial charge on any atom is 0.0360 e. The van der Waals surface area contributed by atoms with Crippen LogP contribution in [0.15, 0.2) is 9.98 Å². The molecule has 0 N–H and O–H groups in total. The van der Waals surface area contributed by atoms with Gasteiger partial charge in [-0.2, -0.15) is 0 Å². The van der Waals surface area contributed by atoms with Crippen molar-refractivity contribution in [3.05, 3.63) is 0 Å². The van der Waals surface area contributed by atoms with Gasteiger partial charge < -0.3 is 0 Å². The Morgan fingerprint density at radius 2 is 1.80 bits per heavy atom. The monoisotopic (exact) mass is 140 g/mol. The van der Waals surface area contributed by atoms with Crippen molar-refractivity contribution in [2.45, 2.75) is 27.2 Å². The highest BCUT2D eigenvalue weighted by molar-refractivity contribution is 6.02. The number of hydrogen-bond acceptors (Lipinski definition) is 2. The van der Waals surface area contributed by atoms with Crippen LogP contribution < -0.4 is 0 Å². The first-order valence-electron chi connectivity index (χ1n) is 3.62. The van der Waals surface area contributed by atoms with Gasteiger partial charge in [-0.05, 0) is 20.8 Å². The van der Waals surface area contributed by atoms with E-state index in [1.807, 2.05) is 27.8 Å². The molecule has 0 heterocycles. The Hall–Kier alpha value is -0.660. The van der Waals surface area contributed by atoms with E-state index in [1.54, 1.807) is 0 Å². The van der Waals surface area contributed by atoms with Gasteiger partial charge in [0.1, 0.15) is 0 Å². The fraction of sp³-hybridized carbons (Fsp3) is 0.750. The van der Waals surface area contributed by atoms with Crippen molar-refractivity contribution < 1.29 is 0 Å². The minimum atomic E-state index is 0.878. The highest BCUT2D eigenvalue weighted by Gasteiger charge is 1.91. The van der Waals surface area contributed by atoms with Gasteiger partial charge in [-0.3, -0.25) is 9.98 Å². The summed E-state index contributed by atoms with van der Waals surface area (Å²) in [6.45, 7) is 6.98. The summed E-state index contributed by atoms with van der Waals surface area (Å²) in [4.78, 5) is 8.29. The molecule has 0 aliphatic carbocycles. The third kappa shape index (κ3) is 4.24. The summed E-state index contributed by atoms with van der Waals surface area (Å²) in [5, 5.41) is 0. The molecule has 0 atom stereocenters. The van der Waals surface area contributed by atoms with E-state index in [9.17, 15) is 0 Å². The largest absolute Gasteiger partial charge is 0.297 e. The molecule has 0 radical (unpaired) electrons. The lowest BCUT2D eigenvalue weighted by Crippen LogP contribution is -2.00. The van der Waals surface area contributed by atoms with Crippen molar-refractivity contribution >= 4 is 11.4 Å². The Balaban J connectivity index is 3.79. The molecule has 0 bridgehead atoms. The van der Waals surface area contributed by atoms with Gasteiger partial charge in [0.25, 0.3) is 0 Å². The lowest BCUT2D eigenvalue weighted by Gasteiger charge is -1.97. The summed E-state index contributed by atoms with van der Waals surface area (Å²) < 4.78 is 0. The highest BCUT2D eigenvalue weighted by Crippen LogP contribution is 1.89. The molecule has 0 saturated carbocycles. The molecule has 2 nitrogen and oxygen atoms in total. The van der Waals surface area contributed by atoms with Gasteiger partial charge in [0.15, 0.2) is 0 Å². The average Bonchev–Trinajstić information content (AvgIpc) is 1.88. The average molecular weight is 140 g/mol. The molecule has 0 rings (SSSR count). The van der Waals surface area contributed by atoms with Crippen molar-refractivity contribution in [1.29, 1.82) is 0 Å². The second-order valence-corrected chi connectivity index (χ2v) is 2.35. The first-order valence-corrected chi connectivity index (χ1v) is 3.62. The Kier molecular flexibility index (Phi) is 4.81. The Morgan fingerprint density at radius 3 is 2.20 bits per heavy atom. The Morgan fingerprint density at radius 1 is 1.20 bits per heavy atom. The molecule has 0 aromatic rings. The van der Waals surface area contributed by atoms with E-state index >= 15 is 0 Å². The maximum atomic E-state index is 4.25. The molecule has 0 amide bonds. The lowest BCUT2D eigenvalue weighted by atomic mass is 10.2. The van der Waals surface area contributed by atoms with E-state index in [4.69, 9.17) is 0 Å². The predicted octanol–water partition coefficient (Wildman–Crippen LogP) is 1.95. The van der Waals surface area contributed by atoms with Crippen molar-refractivity contribution in [3.63, 3.8) is 0 Å². The van der Waals surface area contributed by atoms with Gasteiger partial charge in [0, 0.05) is 31.4 Å². The van der Waals surface area contributed by atoms with E-state index in [2.05, 4.69) is 9.98 Å². The number of nitrogens with zero attached hydrogens (tertiary/aromatic N) is 2. The molecule has 0 aliphatic rings. The highest BCUT2D eigenvalue weighted by atomic mass is 14.7. The van der Waals surface area contributed by atoms with Crippen LogP contribution in [0.2, 0.25) is 0 Å². The third-order valence-electron chi connectivity index (χ3n) is 1.32. The molecule has 2 heteroatoms. The van der Waals surface area contributed by atoms with Crippen LogP contribution >= 0.6 is 0 Å². The predicted molar refractivity (Wildman–Crippen MR) is 47.3 cm³/mol. The zero-order valence-electron chi connectivity index (χ0n) is 7.31. The van der Waals surface area contributed by atoms with Gasteiger partial charge >= 0.3 is 0 Å². The van der Waals surface area contributed by atoms with Crippen LogP contribution in [0.1, 0.15) is 27.2 Å². The van der Waals surface area contributed by atoms with Crippen LogP contribution in [0, 0.1) is 0 Å². The topological polar surface area (TPSA) is 24.7 Å². The third-order valence-corrected chi connectivity index (χ3v) is 1.32. The molecule has 0 saturated heterocycles. The van der Waals surface area contributed by atoms with Crippen molar-refractivity contribution in [1.82, 2.24) is 0 Å². The second kappa shape index (κ2) is 5.15. The first-order chi connectivity index (χ1) is 4.70. The van der Waals surface area contributed by atoms with E-state index in [0.29, 0.717) is 0 Å². The molecular weight excluding hydrogens is 124 g/mol. The van der Waals surface area contributed by atoms with Crippen LogP contribution in [0.25, 0.3) is 0 Å². The Labute approximate surface area is 63.1 Å². The van der Waals surface area contributed by atoms with Gasteiger partial charge in [-0.1, -0.05) is 0 Å². The normalized spacial score (nSPS) is 14.0. The minimum Gasteiger partial charge on any atom is -0.297 e. The summed E-state index contributed by atoms with van der Waals surface area (Å²) in [5.41, 5.74) is 2.32. The van der Waals surface area contributed by atoms with Crippen molar-refractivity contribution in [3.8, 4) is 0 Å². The summed E-state index contributed by atoms with van der Waals surface area (Å²) in [5.74, 6) is 0. The van der Waals surface area contributed by atoms with Crippen LogP contribution in [-0.2, 0) is 0 Å². The van der Waals surface area contributed by atoms with E-state index in [-0.39, 0.29) is 0 Å². The molecule has 0 aromatic heterocycles. The van der Waals surface area contributed by atoms with E-state index in [0.717, 1.165) is 18.7 Å². The number of rotatable bonds is 3. The van der Waals surface area contributed by atoms with E-state index < -0.39 is 0 Å².